The number of carbonyl (C=O) groups excluding carboxylic acids is 2. The topological polar surface area (TPSA) is 86.1 Å². The second-order valence-corrected chi connectivity index (χ2v) is 8.77. The summed E-state index contributed by atoms with van der Waals surface area (Å²) in [6, 6.07) is 10.8. The second-order valence-electron chi connectivity index (χ2n) is 7.42. The van der Waals surface area contributed by atoms with Gasteiger partial charge in [-0.1, -0.05) is 27.5 Å². The predicted octanol–water partition coefficient (Wildman–Crippen LogP) is 2.73. The van der Waals surface area contributed by atoms with Crippen LogP contribution in [0.4, 0.5) is 16.2 Å². The van der Waals surface area contributed by atoms with Crippen LogP contribution in [0, 0.1) is 0 Å². The molecule has 31 heavy (non-hydrogen) atoms. The highest BCUT2D eigenvalue weighted by molar-refractivity contribution is 9.10. The van der Waals surface area contributed by atoms with E-state index < -0.39 is 17.7 Å². The van der Waals surface area contributed by atoms with Gasteiger partial charge in [0.1, 0.15) is 0 Å². The Kier molecular flexibility index (Phi) is 7.59. The summed E-state index contributed by atoms with van der Waals surface area (Å²) in [4.78, 5) is 28.8. The van der Waals surface area contributed by atoms with Crippen molar-refractivity contribution in [3.8, 4) is 0 Å². The van der Waals surface area contributed by atoms with Gasteiger partial charge in [-0.3, -0.25) is 9.69 Å². The third-order valence-electron chi connectivity index (χ3n) is 5.52. The zero-order chi connectivity index (χ0) is 22.6. The smallest absolute Gasteiger partial charge is 0.329 e. The van der Waals surface area contributed by atoms with Crippen molar-refractivity contribution in [2.75, 3.05) is 36.4 Å². The van der Waals surface area contributed by atoms with E-state index in [1.165, 1.54) is 4.90 Å². The molecule has 0 spiro atoms. The third-order valence-corrected chi connectivity index (χ3v) is 6.26. The number of hydrogen-bond donors (Lipinski definition) is 4. The maximum atomic E-state index is 13.3. The van der Waals surface area contributed by atoms with Crippen LogP contribution in [-0.2, 0) is 10.5 Å². The number of halogens is 2. The van der Waals surface area contributed by atoms with Gasteiger partial charge in [-0.2, -0.15) is 0 Å². The molecule has 0 saturated carbocycles. The lowest BCUT2D eigenvalue weighted by Gasteiger charge is -2.42. The molecule has 0 fully saturated rings. The molecule has 1 atom stereocenters. The average Bonchev–Trinajstić information content (AvgIpc) is 2.75. The highest BCUT2D eigenvalue weighted by Gasteiger charge is 2.52. The molecule has 1 unspecified atom stereocenters. The van der Waals surface area contributed by atoms with Gasteiger partial charge in [0.05, 0.1) is 25.3 Å². The van der Waals surface area contributed by atoms with E-state index in [0.29, 0.717) is 27.4 Å². The summed E-state index contributed by atoms with van der Waals surface area (Å²) in [6.07, 6.45) is 0.761. The van der Waals surface area contributed by atoms with E-state index in [1.54, 1.807) is 42.5 Å². The molecule has 0 bridgehead atoms. The molecular formula is C22H27BrClN4O3+. The van der Waals surface area contributed by atoms with Crippen molar-refractivity contribution in [3.63, 3.8) is 0 Å². The van der Waals surface area contributed by atoms with Crippen molar-refractivity contribution < 1.29 is 19.6 Å². The zero-order valence-corrected chi connectivity index (χ0v) is 19.9. The van der Waals surface area contributed by atoms with Gasteiger partial charge in [0.2, 0.25) is 0 Å². The van der Waals surface area contributed by atoms with Gasteiger partial charge in [0.25, 0.3) is 11.6 Å². The SMILES string of the molecule is CC[NH+](CC)CCCNC(=O)C1(O)c2cc(Br)ccc2NC(=O)N1c1ccc(Cl)cc1. The Hall–Kier alpha value is -2.13. The molecule has 1 aliphatic heterocycles. The van der Waals surface area contributed by atoms with Crippen LogP contribution in [0.2, 0.25) is 5.02 Å². The maximum Gasteiger partial charge on any atom is 0.329 e. The Balaban J connectivity index is 1.94. The maximum absolute atomic E-state index is 13.3. The Bertz CT molecular complexity index is 952. The molecule has 0 saturated heterocycles. The Labute approximate surface area is 195 Å². The average molecular weight is 511 g/mol. The molecule has 2 aromatic carbocycles. The van der Waals surface area contributed by atoms with Gasteiger partial charge in [-0.25, -0.2) is 4.79 Å². The van der Waals surface area contributed by atoms with E-state index in [2.05, 4.69) is 40.4 Å². The molecular weight excluding hydrogens is 484 g/mol. The number of nitrogens with one attached hydrogen (secondary N) is 3. The van der Waals surface area contributed by atoms with E-state index in [9.17, 15) is 14.7 Å². The van der Waals surface area contributed by atoms with Crippen molar-refractivity contribution in [3.05, 3.63) is 57.5 Å². The number of benzene rings is 2. The quantitative estimate of drug-likeness (QED) is 0.412. The molecule has 166 valence electrons. The first-order chi connectivity index (χ1) is 14.8. The minimum Gasteiger partial charge on any atom is -0.359 e. The number of carbonyl (C=O) groups is 2. The van der Waals surface area contributed by atoms with Crippen LogP contribution in [0.5, 0.6) is 0 Å². The van der Waals surface area contributed by atoms with Gasteiger partial charge >= 0.3 is 6.03 Å². The largest absolute Gasteiger partial charge is 0.359 e. The number of quaternary nitrogens is 1. The number of anilines is 2. The van der Waals surface area contributed by atoms with Gasteiger partial charge in [-0.05, 0) is 56.3 Å². The van der Waals surface area contributed by atoms with Crippen molar-refractivity contribution in [1.29, 1.82) is 0 Å². The van der Waals surface area contributed by atoms with Gasteiger partial charge in [-0.15, -0.1) is 0 Å². The molecule has 3 rings (SSSR count). The van der Waals surface area contributed by atoms with E-state index in [-0.39, 0.29) is 5.56 Å². The van der Waals surface area contributed by atoms with Crippen LogP contribution >= 0.6 is 27.5 Å². The van der Waals surface area contributed by atoms with E-state index in [4.69, 9.17) is 11.6 Å². The van der Waals surface area contributed by atoms with Crippen LogP contribution < -0.4 is 20.4 Å². The normalized spacial score (nSPS) is 18.0. The summed E-state index contributed by atoms with van der Waals surface area (Å²) in [7, 11) is 0. The summed E-state index contributed by atoms with van der Waals surface area (Å²) in [5, 5.41) is 17.8. The summed E-state index contributed by atoms with van der Waals surface area (Å²) in [5.41, 5.74) is -1.22. The molecule has 4 N–H and O–H groups in total. The van der Waals surface area contributed by atoms with E-state index >= 15 is 0 Å². The fraction of sp³-hybridized carbons (Fsp3) is 0.364. The lowest BCUT2D eigenvalue weighted by molar-refractivity contribution is -0.896. The van der Waals surface area contributed by atoms with Crippen LogP contribution in [-0.4, -0.2) is 43.2 Å². The van der Waals surface area contributed by atoms with E-state index in [1.807, 2.05) is 0 Å². The second kappa shape index (κ2) is 9.99. The monoisotopic (exact) mass is 509 g/mol. The molecule has 1 aliphatic rings. The number of rotatable bonds is 8. The van der Waals surface area contributed by atoms with Crippen molar-refractivity contribution in [2.24, 2.45) is 0 Å². The fourth-order valence-corrected chi connectivity index (χ4v) is 4.22. The minimum absolute atomic E-state index is 0.281. The molecule has 0 aromatic heterocycles. The van der Waals surface area contributed by atoms with Crippen LogP contribution in [0.3, 0.4) is 0 Å². The summed E-state index contributed by atoms with van der Waals surface area (Å²) in [6.45, 7) is 7.58. The lowest BCUT2D eigenvalue weighted by Crippen LogP contribution is -3.11. The number of fused-ring (bicyclic) bond motifs is 1. The summed E-state index contributed by atoms with van der Waals surface area (Å²) in [5.74, 6) is -0.661. The lowest BCUT2D eigenvalue weighted by atomic mass is 9.94. The number of hydrogen-bond acceptors (Lipinski definition) is 3. The van der Waals surface area contributed by atoms with Crippen LogP contribution in [0.1, 0.15) is 25.8 Å². The predicted molar refractivity (Wildman–Crippen MR) is 126 cm³/mol. The molecule has 7 nitrogen and oxygen atoms in total. The minimum atomic E-state index is -2.22. The molecule has 0 aliphatic carbocycles. The fourth-order valence-electron chi connectivity index (χ4n) is 3.74. The Morgan fingerprint density at radius 2 is 1.90 bits per heavy atom. The van der Waals surface area contributed by atoms with Crippen LogP contribution in [0.25, 0.3) is 0 Å². The zero-order valence-electron chi connectivity index (χ0n) is 17.5. The Morgan fingerprint density at radius 3 is 2.55 bits per heavy atom. The van der Waals surface area contributed by atoms with Gasteiger partial charge < -0.3 is 20.6 Å². The number of nitrogens with zero attached hydrogens (tertiary/aromatic N) is 1. The third kappa shape index (κ3) is 4.87. The highest BCUT2D eigenvalue weighted by atomic mass is 79.9. The number of amides is 3. The molecule has 2 aromatic rings. The first kappa shape index (κ1) is 23.5. The summed E-state index contributed by atoms with van der Waals surface area (Å²) < 4.78 is 0.676. The first-order valence-corrected chi connectivity index (χ1v) is 11.5. The van der Waals surface area contributed by atoms with Crippen molar-refractivity contribution in [1.82, 2.24) is 5.32 Å². The van der Waals surface area contributed by atoms with Crippen molar-refractivity contribution >= 4 is 50.8 Å². The standard InChI is InChI=1S/C22H26BrClN4O3/c1-3-27(4-2)13-5-12-25-20(29)22(31)18-14-15(23)6-11-19(18)26-21(30)28(22)17-9-7-16(24)8-10-17/h6-11,14,31H,3-5,12-13H2,1-2H3,(H,25,29)(H,26,30)/p+1. The highest BCUT2D eigenvalue weighted by Crippen LogP contribution is 2.41. The summed E-state index contributed by atoms with van der Waals surface area (Å²) >= 11 is 9.38. The number of aliphatic hydroxyl groups is 1. The first-order valence-electron chi connectivity index (χ1n) is 10.3. The van der Waals surface area contributed by atoms with Gasteiger partial charge in [0, 0.05) is 33.7 Å². The Morgan fingerprint density at radius 1 is 1.23 bits per heavy atom. The van der Waals surface area contributed by atoms with E-state index in [0.717, 1.165) is 31.0 Å². The number of urea groups is 1. The molecule has 3 amide bonds. The molecule has 1 heterocycles. The molecule has 0 radical (unpaired) electrons. The molecule has 9 heteroatoms. The van der Waals surface area contributed by atoms with Crippen molar-refractivity contribution in [2.45, 2.75) is 26.0 Å². The van der Waals surface area contributed by atoms with Crippen LogP contribution in [0.15, 0.2) is 46.9 Å². The van der Waals surface area contributed by atoms with Gasteiger partial charge in [0.15, 0.2) is 0 Å².